The topological polar surface area (TPSA) is 0 Å². The normalized spacial score (nSPS) is 13.5. The first-order valence-electron chi connectivity index (χ1n) is 3.38. The SMILES string of the molecule is Clc1ccc2c(c1)C(CI)=C2. The number of hydrogen-bond donors (Lipinski definition) is 0. The first-order valence-corrected chi connectivity index (χ1v) is 5.28. The van der Waals surface area contributed by atoms with E-state index in [1.54, 1.807) is 0 Å². The van der Waals surface area contributed by atoms with Gasteiger partial charge in [-0.3, -0.25) is 0 Å². The van der Waals surface area contributed by atoms with Crippen molar-refractivity contribution in [1.82, 2.24) is 0 Å². The summed E-state index contributed by atoms with van der Waals surface area (Å²) >= 11 is 8.21. The Morgan fingerprint density at radius 3 is 2.91 bits per heavy atom. The molecule has 0 atom stereocenters. The largest absolute Gasteiger partial charge is 0.0843 e. The Kier molecular flexibility index (Phi) is 1.93. The van der Waals surface area contributed by atoms with E-state index >= 15 is 0 Å². The molecular formula is C9H6ClI. The maximum Gasteiger partial charge on any atom is 0.0412 e. The van der Waals surface area contributed by atoms with Crippen LogP contribution < -0.4 is 0 Å². The highest BCUT2D eigenvalue weighted by atomic mass is 127. The minimum atomic E-state index is 0.833. The van der Waals surface area contributed by atoms with Gasteiger partial charge in [0.15, 0.2) is 0 Å². The van der Waals surface area contributed by atoms with Crippen molar-refractivity contribution in [3.05, 3.63) is 34.3 Å². The Labute approximate surface area is 84.4 Å². The van der Waals surface area contributed by atoms with Gasteiger partial charge in [-0.1, -0.05) is 40.3 Å². The summed E-state index contributed by atoms with van der Waals surface area (Å²) in [5, 5.41) is 0.833. The molecule has 11 heavy (non-hydrogen) atoms. The third-order valence-corrected chi connectivity index (χ3v) is 2.89. The average molecular weight is 277 g/mol. The number of halogens is 2. The summed E-state index contributed by atoms with van der Waals surface area (Å²) in [7, 11) is 0. The van der Waals surface area contributed by atoms with Crippen LogP contribution >= 0.6 is 34.2 Å². The molecule has 0 N–H and O–H groups in total. The molecule has 0 nitrogen and oxygen atoms in total. The molecule has 56 valence electrons. The molecule has 0 heterocycles. The molecule has 0 amide bonds. The Bertz CT molecular complexity index is 328. The van der Waals surface area contributed by atoms with Gasteiger partial charge in [-0.2, -0.15) is 0 Å². The van der Waals surface area contributed by atoms with Crippen LogP contribution in [0.4, 0.5) is 0 Å². The molecule has 0 fully saturated rings. The first kappa shape index (κ1) is 7.62. The fourth-order valence-corrected chi connectivity index (χ4v) is 2.03. The lowest BCUT2D eigenvalue weighted by molar-refractivity contribution is 1.51. The van der Waals surface area contributed by atoms with Gasteiger partial charge in [-0.25, -0.2) is 0 Å². The summed E-state index contributed by atoms with van der Waals surface area (Å²) < 4.78 is 1.07. The molecule has 2 rings (SSSR count). The van der Waals surface area contributed by atoms with Crippen molar-refractivity contribution in [1.29, 1.82) is 0 Å². The molecule has 0 saturated carbocycles. The molecule has 0 saturated heterocycles. The predicted octanol–water partition coefficient (Wildman–Crippen LogP) is 3.63. The third kappa shape index (κ3) is 1.20. The fraction of sp³-hybridized carbons (Fsp3) is 0.111. The molecule has 0 unspecified atom stereocenters. The number of hydrogen-bond acceptors (Lipinski definition) is 0. The van der Waals surface area contributed by atoms with Gasteiger partial charge in [0.1, 0.15) is 0 Å². The van der Waals surface area contributed by atoms with E-state index in [2.05, 4.69) is 34.7 Å². The van der Waals surface area contributed by atoms with Crippen molar-refractivity contribution in [2.45, 2.75) is 0 Å². The highest BCUT2D eigenvalue weighted by molar-refractivity contribution is 14.1. The molecule has 0 radical (unpaired) electrons. The Balaban J connectivity index is 2.44. The molecule has 0 aliphatic heterocycles. The van der Waals surface area contributed by atoms with E-state index in [9.17, 15) is 0 Å². The molecule has 1 aliphatic rings. The van der Waals surface area contributed by atoms with E-state index in [1.165, 1.54) is 16.7 Å². The molecule has 1 aliphatic carbocycles. The van der Waals surface area contributed by atoms with Gasteiger partial charge in [-0.15, -0.1) is 0 Å². The van der Waals surface area contributed by atoms with Crippen molar-refractivity contribution in [2.75, 3.05) is 4.43 Å². The molecule has 0 bridgehead atoms. The van der Waals surface area contributed by atoms with Crippen LogP contribution in [-0.4, -0.2) is 4.43 Å². The summed E-state index contributed by atoms with van der Waals surface area (Å²) in [6.45, 7) is 0. The van der Waals surface area contributed by atoms with Gasteiger partial charge < -0.3 is 0 Å². The second-order valence-corrected chi connectivity index (χ2v) is 3.73. The van der Waals surface area contributed by atoms with Crippen molar-refractivity contribution in [3.63, 3.8) is 0 Å². The maximum atomic E-state index is 5.84. The number of benzene rings is 1. The summed E-state index contributed by atoms with van der Waals surface area (Å²) in [6, 6.07) is 6.03. The van der Waals surface area contributed by atoms with E-state index in [-0.39, 0.29) is 0 Å². The second-order valence-electron chi connectivity index (χ2n) is 2.53. The van der Waals surface area contributed by atoms with Crippen molar-refractivity contribution in [3.8, 4) is 0 Å². The van der Waals surface area contributed by atoms with Gasteiger partial charge in [0.05, 0.1) is 0 Å². The zero-order chi connectivity index (χ0) is 7.84. The van der Waals surface area contributed by atoms with Crippen LogP contribution in [0.25, 0.3) is 11.6 Å². The monoisotopic (exact) mass is 276 g/mol. The lowest BCUT2D eigenvalue weighted by Crippen LogP contribution is -1.98. The highest BCUT2D eigenvalue weighted by Crippen LogP contribution is 2.35. The average Bonchev–Trinajstić information content (AvgIpc) is 1.97. The van der Waals surface area contributed by atoms with Crippen LogP contribution in [0.5, 0.6) is 0 Å². The molecule has 2 heteroatoms. The van der Waals surface area contributed by atoms with Gasteiger partial charge in [0.2, 0.25) is 0 Å². The van der Waals surface area contributed by atoms with Crippen molar-refractivity contribution < 1.29 is 0 Å². The predicted molar refractivity (Wildman–Crippen MR) is 58.2 cm³/mol. The standard InChI is InChI=1S/C9H6ClI/c10-8-2-1-6-3-7(5-11)9(6)4-8/h1-4H,5H2. The van der Waals surface area contributed by atoms with Gasteiger partial charge in [-0.05, 0) is 34.9 Å². The second kappa shape index (κ2) is 2.79. The van der Waals surface area contributed by atoms with Crippen LogP contribution in [0.1, 0.15) is 11.1 Å². The summed E-state index contributed by atoms with van der Waals surface area (Å²) in [5.74, 6) is 0. The number of rotatable bonds is 1. The van der Waals surface area contributed by atoms with Crippen molar-refractivity contribution in [2.24, 2.45) is 0 Å². The van der Waals surface area contributed by atoms with E-state index in [0.717, 1.165) is 9.45 Å². The Morgan fingerprint density at radius 1 is 1.36 bits per heavy atom. The molecule has 1 aromatic rings. The Morgan fingerprint density at radius 2 is 2.18 bits per heavy atom. The zero-order valence-electron chi connectivity index (χ0n) is 5.77. The van der Waals surface area contributed by atoms with E-state index in [4.69, 9.17) is 11.6 Å². The minimum Gasteiger partial charge on any atom is -0.0843 e. The smallest absolute Gasteiger partial charge is 0.0412 e. The quantitative estimate of drug-likeness (QED) is 0.543. The number of fused-ring (bicyclic) bond motifs is 1. The number of allylic oxidation sites excluding steroid dienone is 1. The molecule has 1 aromatic carbocycles. The van der Waals surface area contributed by atoms with Crippen LogP contribution in [0.15, 0.2) is 18.2 Å². The third-order valence-electron chi connectivity index (χ3n) is 1.83. The summed E-state index contributed by atoms with van der Waals surface area (Å²) in [6.07, 6.45) is 2.21. The maximum absolute atomic E-state index is 5.84. The highest BCUT2D eigenvalue weighted by Gasteiger charge is 2.14. The Hall–Kier alpha value is -0.0200. The van der Waals surface area contributed by atoms with Gasteiger partial charge in [0.25, 0.3) is 0 Å². The van der Waals surface area contributed by atoms with E-state index < -0.39 is 0 Å². The lowest BCUT2D eigenvalue weighted by atomic mass is 9.90. The minimum absolute atomic E-state index is 0.833. The van der Waals surface area contributed by atoms with E-state index in [0.29, 0.717) is 0 Å². The molecule has 0 spiro atoms. The van der Waals surface area contributed by atoms with Crippen LogP contribution in [0.3, 0.4) is 0 Å². The van der Waals surface area contributed by atoms with Crippen LogP contribution in [0, 0.1) is 0 Å². The fourth-order valence-electron chi connectivity index (χ4n) is 1.23. The first-order chi connectivity index (χ1) is 5.31. The summed E-state index contributed by atoms with van der Waals surface area (Å²) in [4.78, 5) is 0. The van der Waals surface area contributed by atoms with Gasteiger partial charge >= 0.3 is 0 Å². The molecular weight excluding hydrogens is 270 g/mol. The van der Waals surface area contributed by atoms with Crippen molar-refractivity contribution >= 4 is 45.8 Å². The lowest BCUT2D eigenvalue weighted by Gasteiger charge is -2.17. The summed E-state index contributed by atoms with van der Waals surface area (Å²) in [5.41, 5.74) is 4.05. The zero-order valence-corrected chi connectivity index (χ0v) is 8.69. The van der Waals surface area contributed by atoms with Crippen LogP contribution in [0.2, 0.25) is 5.02 Å². The number of alkyl halides is 1. The van der Waals surface area contributed by atoms with Gasteiger partial charge in [0, 0.05) is 9.45 Å². The van der Waals surface area contributed by atoms with E-state index in [1.807, 2.05) is 12.1 Å². The molecule has 0 aromatic heterocycles. The van der Waals surface area contributed by atoms with Crippen LogP contribution in [-0.2, 0) is 0 Å².